The van der Waals surface area contributed by atoms with Crippen LogP contribution >= 0.6 is 0 Å². The summed E-state index contributed by atoms with van der Waals surface area (Å²) in [7, 11) is 1.65. The van der Waals surface area contributed by atoms with Crippen molar-refractivity contribution in [2.24, 2.45) is 0 Å². The molecule has 4 nitrogen and oxygen atoms in total. The number of rotatable bonds is 1. The molecule has 0 aromatic heterocycles. The van der Waals surface area contributed by atoms with Crippen LogP contribution in [-0.4, -0.2) is 31.4 Å². The Bertz CT molecular complexity index is 259. The first-order valence-corrected chi connectivity index (χ1v) is 4.78. The third kappa shape index (κ3) is 1.43. The van der Waals surface area contributed by atoms with E-state index in [1.165, 1.54) is 0 Å². The first kappa shape index (κ1) is 9.96. The first-order valence-electron chi connectivity index (χ1n) is 4.78. The van der Waals surface area contributed by atoms with E-state index >= 15 is 0 Å². The molecule has 0 N–H and O–H groups in total. The van der Waals surface area contributed by atoms with Gasteiger partial charge < -0.3 is 18.9 Å². The van der Waals surface area contributed by atoms with Gasteiger partial charge in [0.15, 0.2) is 11.9 Å². The Balaban J connectivity index is 2.17. The topological polar surface area (TPSA) is 36.9 Å². The first-order chi connectivity index (χ1) is 6.57. The monoisotopic (exact) mass is 200 g/mol. The summed E-state index contributed by atoms with van der Waals surface area (Å²) in [6, 6.07) is 0. The predicted octanol–water partition coefficient (Wildman–Crippen LogP) is 1.41. The van der Waals surface area contributed by atoms with Gasteiger partial charge >= 0.3 is 0 Å². The number of fused-ring (bicyclic) bond motifs is 1. The predicted molar refractivity (Wildman–Crippen MR) is 49.5 cm³/mol. The maximum absolute atomic E-state index is 5.70. The summed E-state index contributed by atoms with van der Waals surface area (Å²) in [5.41, 5.74) is 0. The summed E-state index contributed by atoms with van der Waals surface area (Å²) in [6.45, 7) is 5.65. The molecule has 0 unspecified atom stereocenters. The molecule has 0 bridgehead atoms. The molecule has 0 aromatic rings. The maximum atomic E-state index is 5.70. The molecule has 0 amide bonds. The van der Waals surface area contributed by atoms with Crippen LogP contribution in [0.15, 0.2) is 11.8 Å². The molecule has 0 saturated carbocycles. The van der Waals surface area contributed by atoms with E-state index in [1.807, 2.05) is 26.8 Å². The van der Waals surface area contributed by atoms with Gasteiger partial charge in [-0.1, -0.05) is 0 Å². The fraction of sp³-hybridized carbons (Fsp3) is 0.800. The summed E-state index contributed by atoms with van der Waals surface area (Å²) in [6.07, 6.45) is 1.25. The number of hydrogen-bond acceptors (Lipinski definition) is 4. The minimum absolute atomic E-state index is 0.147. The summed E-state index contributed by atoms with van der Waals surface area (Å²) >= 11 is 0. The van der Waals surface area contributed by atoms with Crippen LogP contribution in [0.3, 0.4) is 0 Å². The second-order valence-electron chi connectivity index (χ2n) is 3.93. The van der Waals surface area contributed by atoms with Crippen molar-refractivity contribution in [1.29, 1.82) is 0 Å². The van der Waals surface area contributed by atoms with E-state index in [9.17, 15) is 0 Å². The zero-order valence-electron chi connectivity index (χ0n) is 8.94. The molecule has 2 aliphatic rings. The van der Waals surface area contributed by atoms with Gasteiger partial charge in [-0.2, -0.15) is 0 Å². The molecule has 0 spiro atoms. The third-order valence-electron chi connectivity index (χ3n) is 2.46. The zero-order valence-corrected chi connectivity index (χ0v) is 8.94. The van der Waals surface area contributed by atoms with Crippen LogP contribution in [-0.2, 0) is 18.9 Å². The Morgan fingerprint density at radius 2 is 2.07 bits per heavy atom. The van der Waals surface area contributed by atoms with E-state index in [0.29, 0.717) is 0 Å². The number of methoxy groups -OCH3 is 1. The molecule has 2 saturated heterocycles. The SMILES string of the molecule is C/C=C1\O[C@@H]2OC(C)(C)O[C@@H]2[C@H]1OC. The van der Waals surface area contributed by atoms with Crippen molar-refractivity contribution in [3.05, 3.63) is 11.8 Å². The zero-order chi connectivity index (χ0) is 10.3. The summed E-state index contributed by atoms with van der Waals surface area (Å²) in [5, 5.41) is 0. The number of allylic oxidation sites excluding steroid dienone is 1. The van der Waals surface area contributed by atoms with Gasteiger partial charge in [-0.05, 0) is 26.8 Å². The van der Waals surface area contributed by atoms with Crippen LogP contribution in [0, 0.1) is 0 Å². The van der Waals surface area contributed by atoms with Gasteiger partial charge in [-0.15, -0.1) is 0 Å². The Labute approximate surface area is 83.8 Å². The van der Waals surface area contributed by atoms with Gasteiger partial charge in [0.25, 0.3) is 0 Å². The van der Waals surface area contributed by atoms with Crippen molar-refractivity contribution in [1.82, 2.24) is 0 Å². The molecule has 0 aliphatic carbocycles. The van der Waals surface area contributed by atoms with E-state index in [2.05, 4.69) is 0 Å². The van der Waals surface area contributed by atoms with E-state index in [-0.39, 0.29) is 18.5 Å². The van der Waals surface area contributed by atoms with Crippen LogP contribution < -0.4 is 0 Å². The van der Waals surface area contributed by atoms with Crippen LogP contribution in [0.1, 0.15) is 20.8 Å². The van der Waals surface area contributed by atoms with Crippen molar-refractivity contribution < 1.29 is 18.9 Å². The number of ether oxygens (including phenoxy) is 4. The van der Waals surface area contributed by atoms with Crippen LogP contribution in [0.5, 0.6) is 0 Å². The molecule has 80 valence electrons. The Hall–Kier alpha value is -0.580. The molecule has 0 radical (unpaired) electrons. The maximum Gasteiger partial charge on any atom is 0.231 e. The van der Waals surface area contributed by atoms with E-state index in [0.717, 1.165) is 5.76 Å². The van der Waals surface area contributed by atoms with Gasteiger partial charge in [0.2, 0.25) is 6.29 Å². The number of hydrogen-bond donors (Lipinski definition) is 0. The summed E-state index contributed by atoms with van der Waals surface area (Å²) in [5.74, 6) is 0.212. The summed E-state index contributed by atoms with van der Waals surface area (Å²) < 4.78 is 22.2. The molecule has 2 heterocycles. The fourth-order valence-electron chi connectivity index (χ4n) is 1.90. The van der Waals surface area contributed by atoms with Crippen molar-refractivity contribution in [2.45, 2.75) is 45.1 Å². The highest BCUT2D eigenvalue weighted by molar-refractivity contribution is 5.10. The highest BCUT2D eigenvalue weighted by Gasteiger charge is 2.53. The normalized spacial score (nSPS) is 42.6. The standard InChI is InChI=1S/C10H16O4/c1-5-6-7(11-4)8-9(12-6)14-10(2,3)13-8/h5,7-9H,1-4H3/b6-5-/t7-,8+,9+/m0/s1. The average Bonchev–Trinajstić information content (AvgIpc) is 2.55. The second kappa shape index (κ2) is 3.22. The molecule has 3 atom stereocenters. The van der Waals surface area contributed by atoms with Crippen molar-refractivity contribution in [3.8, 4) is 0 Å². The smallest absolute Gasteiger partial charge is 0.231 e. The second-order valence-corrected chi connectivity index (χ2v) is 3.93. The van der Waals surface area contributed by atoms with E-state index < -0.39 is 5.79 Å². The molecule has 2 rings (SSSR count). The highest BCUT2D eigenvalue weighted by Crippen LogP contribution is 2.39. The Morgan fingerprint density at radius 1 is 1.36 bits per heavy atom. The molecular formula is C10H16O4. The Kier molecular flexibility index (Phi) is 2.29. The van der Waals surface area contributed by atoms with Crippen LogP contribution in [0.25, 0.3) is 0 Å². The largest absolute Gasteiger partial charge is 0.464 e. The van der Waals surface area contributed by atoms with Gasteiger partial charge in [0, 0.05) is 7.11 Å². The lowest BCUT2D eigenvalue weighted by atomic mass is 10.2. The lowest BCUT2D eigenvalue weighted by Gasteiger charge is -2.20. The van der Waals surface area contributed by atoms with Crippen molar-refractivity contribution >= 4 is 0 Å². The van der Waals surface area contributed by atoms with Gasteiger partial charge in [0.05, 0.1) is 0 Å². The molecule has 0 aromatic carbocycles. The molecule has 4 heteroatoms. The average molecular weight is 200 g/mol. The van der Waals surface area contributed by atoms with Gasteiger partial charge in [-0.3, -0.25) is 0 Å². The molecule has 2 aliphatic heterocycles. The minimum Gasteiger partial charge on any atom is -0.464 e. The third-order valence-corrected chi connectivity index (χ3v) is 2.46. The Morgan fingerprint density at radius 3 is 2.64 bits per heavy atom. The van der Waals surface area contributed by atoms with Gasteiger partial charge in [-0.25, -0.2) is 0 Å². The molecule has 2 fully saturated rings. The minimum atomic E-state index is -0.578. The van der Waals surface area contributed by atoms with Crippen LogP contribution in [0.4, 0.5) is 0 Å². The quantitative estimate of drug-likeness (QED) is 0.641. The lowest BCUT2D eigenvalue weighted by molar-refractivity contribution is -0.190. The van der Waals surface area contributed by atoms with Crippen molar-refractivity contribution in [3.63, 3.8) is 0 Å². The van der Waals surface area contributed by atoms with Crippen LogP contribution in [0.2, 0.25) is 0 Å². The fourth-order valence-corrected chi connectivity index (χ4v) is 1.90. The van der Waals surface area contributed by atoms with E-state index in [4.69, 9.17) is 18.9 Å². The molecule has 14 heavy (non-hydrogen) atoms. The molecular weight excluding hydrogens is 184 g/mol. The lowest BCUT2D eigenvalue weighted by Crippen LogP contribution is -2.30. The van der Waals surface area contributed by atoms with E-state index in [1.54, 1.807) is 7.11 Å². The summed E-state index contributed by atoms with van der Waals surface area (Å²) in [4.78, 5) is 0. The highest BCUT2D eigenvalue weighted by atomic mass is 16.8. The van der Waals surface area contributed by atoms with Gasteiger partial charge in [0.1, 0.15) is 11.9 Å². The van der Waals surface area contributed by atoms with Crippen molar-refractivity contribution in [2.75, 3.05) is 7.11 Å².